The maximum Gasteiger partial charge on any atom is 0.116 e. The average Bonchev–Trinajstić information content (AvgIpc) is 2.75. The molecule has 0 fully saturated rings. The first-order chi connectivity index (χ1) is 12.9. The molecule has 0 nitrogen and oxygen atoms in total. The summed E-state index contributed by atoms with van der Waals surface area (Å²) in [5, 5.41) is 4.30. The second-order valence-electron chi connectivity index (χ2n) is 6.46. The van der Waals surface area contributed by atoms with Crippen LogP contribution in [0.1, 0.15) is 5.56 Å². The Morgan fingerprint density at radius 3 is 1.04 bits per heavy atom. The van der Waals surface area contributed by atoms with Crippen molar-refractivity contribution in [1.29, 1.82) is 0 Å². The zero-order chi connectivity index (χ0) is 17.7. The van der Waals surface area contributed by atoms with Crippen LogP contribution in [-0.4, -0.2) is 0 Å². The van der Waals surface area contributed by atoms with Gasteiger partial charge >= 0.3 is 0 Å². The minimum absolute atomic E-state index is 0. The van der Waals surface area contributed by atoms with E-state index in [-0.39, 0.29) is 31.9 Å². The molecule has 4 aromatic rings. The molecule has 0 atom stereocenters. The first kappa shape index (κ1) is 22.5. The fourth-order valence-corrected chi connectivity index (χ4v) is 7.87. The Morgan fingerprint density at radius 2 is 0.714 bits per heavy atom. The van der Waals surface area contributed by atoms with Crippen molar-refractivity contribution in [3.63, 3.8) is 0 Å². The molecule has 0 aliphatic carbocycles. The largest absolute Gasteiger partial charge is 0.147 e. The molecule has 0 N–H and O–H groups in total. The molecule has 0 aliphatic heterocycles. The molecule has 0 unspecified atom stereocenters. The van der Waals surface area contributed by atoms with Gasteiger partial charge in [-0.25, -0.2) is 0 Å². The summed E-state index contributed by atoms with van der Waals surface area (Å²) in [7, 11) is -1.78. The predicted molar refractivity (Wildman–Crippen MR) is 123 cm³/mol. The zero-order valence-corrected chi connectivity index (χ0v) is 18.8. The Bertz CT molecular complexity index is 848. The Hall–Kier alpha value is -1.78. The van der Waals surface area contributed by atoms with Gasteiger partial charge in [0.25, 0.3) is 0 Å². The normalized spacial score (nSPS) is 10.4. The van der Waals surface area contributed by atoms with Crippen molar-refractivity contribution in [2.75, 3.05) is 0 Å². The summed E-state index contributed by atoms with van der Waals surface area (Å²) in [4.78, 5) is 0. The number of benzene rings is 4. The van der Waals surface area contributed by atoms with Gasteiger partial charge < -0.3 is 0 Å². The van der Waals surface area contributed by atoms with E-state index in [1.54, 1.807) is 0 Å². The second kappa shape index (κ2) is 10.7. The van der Waals surface area contributed by atoms with E-state index in [0.29, 0.717) is 0 Å². The van der Waals surface area contributed by atoms with Gasteiger partial charge in [-0.05, 0) is 42.0 Å². The first-order valence-corrected chi connectivity index (χ1v) is 11.0. The molecule has 1 radical (unpaired) electrons. The van der Waals surface area contributed by atoms with Crippen LogP contribution in [0, 0.1) is 0 Å². The molecule has 0 amide bonds. The number of hydrogen-bond donors (Lipinski definition) is 0. The Labute approximate surface area is 187 Å². The minimum atomic E-state index is -1.78. The second-order valence-corrected chi connectivity index (χ2v) is 9.95. The molecule has 0 heterocycles. The summed E-state index contributed by atoms with van der Waals surface area (Å²) in [5.74, 6) is 0. The van der Waals surface area contributed by atoms with Crippen molar-refractivity contribution < 1.29 is 19.5 Å². The maximum atomic E-state index is 2.30. The van der Waals surface area contributed by atoms with E-state index < -0.39 is 7.26 Å². The standard InChI is InChI=1S/C25H22P.ClH.Rh/c1-5-13-22(14-6-1)21-26(23-15-7-2-8-16-23,24-17-9-3-10-18-24)25-19-11-4-12-20-25;;/h1-20H,21H2;1H;/q+1;;. The summed E-state index contributed by atoms with van der Waals surface area (Å²) in [6, 6.07) is 44.0. The molecule has 0 aliphatic rings. The van der Waals surface area contributed by atoms with Gasteiger partial charge in [-0.15, -0.1) is 12.4 Å². The third kappa shape index (κ3) is 4.61. The maximum absolute atomic E-state index is 2.30. The minimum Gasteiger partial charge on any atom is -0.147 e. The summed E-state index contributed by atoms with van der Waals surface area (Å²) in [6.45, 7) is 0. The third-order valence-corrected chi connectivity index (χ3v) is 9.23. The fraction of sp³-hybridized carbons (Fsp3) is 0.0400. The summed E-state index contributed by atoms with van der Waals surface area (Å²) < 4.78 is 0. The molecule has 4 aromatic carbocycles. The molecule has 143 valence electrons. The van der Waals surface area contributed by atoms with Gasteiger partial charge in [0.05, 0.1) is 6.16 Å². The summed E-state index contributed by atoms with van der Waals surface area (Å²) >= 11 is 0. The number of rotatable bonds is 5. The van der Waals surface area contributed by atoms with Crippen molar-refractivity contribution in [2.45, 2.75) is 6.16 Å². The van der Waals surface area contributed by atoms with Crippen LogP contribution >= 0.6 is 19.7 Å². The third-order valence-electron chi connectivity index (χ3n) is 4.85. The van der Waals surface area contributed by atoms with Gasteiger partial charge in [-0.1, -0.05) is 84.9 Å². The van der Waals surface area contributed by atoms with Crippen molar-refractivity contribution in [1.82, 2.24) is 0 Å². The van der Waals surface area contributed by atoms with E-state index in [1.807, 2.05) is 0 Å². The van der Waals surface area contributed by atoms with Crippen LogP contribution in [0.15, 0.2) is 121 Å². The average molecular weight is 493 g/mol. The molecular weight excluding hydrogens is 470 g/mol. The first-order valence-electron chi connectivity index (χ1n) is 8.98. The van der Waals surface area contributed by atoms with Crippen LogP contribution in [0.3, 0.4) is 0 Å². The van der Waals surface area contributed by atoms with Crippen LogP contribution in [0.4, 0.5) is 0 Å². The van der Waals surface area contributed by atoms with Gasteiger partial charge in [0.2, 0.25) is 0 Å². The molecule has 0 spiro atoms. The summed E-state index contributed by atoms with van der Waals surface area (Å²) in [6.07, 6.45) is 1.03. The molecule has 0 saturated heterocycles. The van der Waals surface area contributed by atoms with E-state index in [4.69, 9.17) is 0 Å². The Morgan fingerprint density at radius 1 is 0.429 bits per heavy atom. The molecule has 4 rings (SSSR count). The van der Waals surface area contributed by atoms with Crippen molar-refractivity contribution in [3.05, 3.63) is 127 Å². The van der Waals surface area contributed by atoms with Gasteiger partial charge in [0.1, 0.15) is 23.2 Å². The molecule has 28 heavy (non-hydrogen) atoms. The molecule has 0 aromatic heterocycles. The number of halogens is 1. The Kier molecular flexibility index (Phi) is 8.59. The van der Waals surface area contributed by atoms with Crippen LogP contribution in [0.2, 0.25) is 0 Å². The van der Waals surface area contributed by atoms with Crippen molar-refractivity contribution in [3.8, 4) is 0 Å². The molecule has 0 bridgehead atoms. The van der Waals surface area contributed by atoms with E-state index >= 15 is 0 Å². The Balaban J connectivity index is 0.00000140. The van der Waals surface area contributed by atoms with Gasteiger partial charge in [0.15, 0.2) is 0 Å². The quantitative estimate of drug-likeness (QED) is 0.251. The van der Waals surface area contributed by atoms with E-state index in [9.17, 15) is 0 Å². The van der Waals surface area contributed by atoms with Gasteiger partial charge in [-0.3, -0.25) is 0 Å². The predicted octanol–water partition coefficient (Wildman–Crippen LogP) is 5.60. The van der Waals surface area contributed by atoms with Crippen LogP contribution < -0.4 is 15.9 Å². The SMILES string of the molecule is Cl.[Rh].c1ccc(C[P+](c2ccccc2)(c2ccccc2)c2ccccc2)cc1. The number of hydrogen-bond acceptors (Lipinski definition) is 0. The molecule has 0 saturated carbocycles. The van der Waals surface area contributed by atoms with E-state index in [0.717, 1.165) is 6.16 Å². The van der Waals surface area contributed by atoms with Crippen molar-refractivity contribution >= 4 is 35.6 Å². The van der Waals surface area contributed by atoms with E-state index in [2.05, 4.69) is 121 Å². The molecule has 3 heteroatoms. The van der Waals surface area contributed by atoms with Gasteiger partial charge in [-0.2, -0.15) is 0 Å². The monoisotopic (exact) mass is 492 g/mol. The van der Waals surface area contributed by atoms with Crippen LogP contribution in [0.25, 0.3) is 0 Å². The van der Waals surface area contributed by atoms with Crippen LogP contribution in [0.5, 0.6) is 0 Å². The van der Waals surface area contributed by atoms with Crippen molar-refractivity contribution in [2.24, 2.45) is 0 Å². The smallest absolute Gasteiger partial charge is 0.116 e. The molecular formula is C25H23ClPRh+. The fourth-order valence-electron chi connectivity index (χ4n) is 3.63. The summed E-state index contributed by atoms with van der Waals surface area (Å²) in [5.41, 5.74) is 1.39. The van der Waals surface area contributed by atoms with E-state index in [1.165, 1.54) is 21.5 Å². The zero-order valence-electron chi connectivity index (χ0n) is 15.4. The van der Waals surface area contributed by atoms with Gasteiger partial charge in [0, 0.05) is 19.5 Å². The van der Waals surface area contributed by atoms with Crippen LogP contribution in [-0.2, 0) is 25.6 Å². The topological polar surface area (TPSA) is 0 Å².